The molecule has 1 aliphatic heterocycles. The molecule has 1 aliphatic rings. The molecule has 0 aliphatic carbocycles. The van der Waals surface area contributed by atoms with E-state index in [1.165, 1.54) is 13.2 Å². The number of carbonyl (C=O) groups is 2. The molecule has 9 heteroatoms. The highest BCUT2D eigenvalue weighted by Gasteiger charge is 2.26. The maximum absolute atomic E-state index is 12.6. The maximum atomic E-state index is 12.6. The summed E-state index contributed by atoms with van der Waals surface area (Å²) in [6, 6.07) is 8.95. The number of methoxy groups -OCH3 is 2. The molecule has 1 amide bonds. The summed E-state index contributed by atoms with van der Waals surface area (Å²) in [7, 11) is 2.87. The molecule has 2 N–H and O–H groups in total. The molecule has 1 aromatic heterocycles. The van der Waals surface area contributed by atoms with Gasteiger partial charge in [0.2, 0.25) is 11.9 Å². The Morgan fingerprint density at radius 1 is 1.22 bits per heavy atom. The summed E-state index contributed by atoms with van der Waals surface area (Å²) in [6.07, 6.45) is 0. The van der Waals surface area contributed by atoms with Gasteiger partial charge in [-0.2, -0.15) is 4.98 Å². The Morgan fingerprint density at radius 3 is 2.74 bits per heavy atom. The van der Waals surface area contributed by atoms with Gasteiger partial charge in [0.25, 0.3) is 0 Å². The fourth-order valence-electron chi connectivity index (χ4n) is 2.84. The first-order valence-electron chi connectivity index (χ1n) is 8.38. The zero-order valence-corrected chi connectivity index (χ0v) is 15.2. The van der Waals surface area contributed by atoms with E-state index in [1.54, 1.807) is 16.9 Å². The monoisotopic (exact) mass is 371 g/mol. The summed E-state index contributed by atoms with van der Waals surface area (Å²) in [5.41, 5.74) is 6.81. The third kappa shape index (κ3) is 4.25. The van der Waals surface area contributed by atoms with E-state index in [1.807, 2.05) is 24.3 Å². The van der Waals surface area contributed by atoms with Crippen LogP contribution in [0, 0.1) is 0 Å². The minimum atomic E-state index is -0.603. The van der Waals surface area contributed by atoms with Gasteiger partial charge in [-0.1, -0.05) is 12.1 Å². The Labute approximate surface area is 156 Å². The van der Waals surface area contributed by atoms with Gasteiger partial charge in [-0.05, 0) is 17.7 Å². The van der Waals surface area contributed by atoms with Gasteiger partial charge in [-0.3, -0.25) is 4.79 Å². The van der Waals surface area contributed by atoms with Crippen molar-refractivity contribution in [3.8, 4) is 5.75 Å². The summed E-state index contributed by atoms with van der Waals surface area (Å²) in [5.74, 6) is 0.474. The zero-order chi connectivity index (χ0) is 19.4. The summed E-state index contributed by atoms with van der Waals surface area (Å²) < 4.78 is 9.89. The van der Waals surface area contributed by atoms with Crippen molar-refractivity contribution in [3.63, 3.8) is 0 Å². The molecule has 0 saturated carbocycles. The van der Waals surface area contributed by atoms with Crippen LogP contribution in [-0.4, -0.2) is 60.6 Å². The standard InChI is InChI=1S/C18H21N5O4/c1-26-13-5-3-4-12(8-13)10-22-6-7-23(11-16(22)24)18-20-14(17(25)27-2)9-15(19)21-18/h3-5,8-9H,6-7,10-11H2,1-2H3,(H2,19,20,21). The number of amides is 1. The predicted octanol–water partition coefficient (Wildman–Crippen LogP) is 0.703. The van der Waals surface area contributed by atoms with Crippen LogP contribution in [0.5, 0.6) is 5.75 Å². The lowest BCUT2D eigenvalue weighted by Gasteiger charge is -2.34. The number of benzene rings is 1. The van der Waals surface area contributed by atoms with Gasteiger partial charge >= 0.3 is 5.97 Å². The van der Waals surface area contributed by atoms with Crippen molar-refractivity contribution in [2.24, 2.45) is 0 Å². The number of rotatable bonds is 5. The molecule has 142 valence electrons. The summed E-state index contributed by atoms with van der Waals surface area (Å²) >= 11 is 0. The molecular formula is C18H21N5O4. The third-order valence-corrected chi connectivity index (χ3v) is 4.24. The molecule has 0 spiro atoms. The molecule has 1 saturated heterocycles. The molecule has 27 heavy (non-hydrogen) atoms. The summed E-state index contributed by atoms with van der Waals surface area (Å²) in [6.45, 7) is 1.63. The highest BCUT2D eigenvalue weighted by molar-refractivity contribution is 5.88. The molecule has 0 radical (unpaired) electrons. The first kappa shape index (κ1) is 18.4. The van der Waals surface area contributed by atoms with E-state index in [0.29, 0.717) is 19.6 Å². The van der Waals surface area contributed by atoms with Crippen molar-refractivity contribution < 1.29 is 19.1 Å². The summed E-state index contributed by atoms with van der Waals surface area (Å²) in [5, 5.41) is 0. The van der Waals surface area contributed by atoms with Gasteiger partial charge in [0.1, 0.15) is 18.1 Å². The van der Waals surface area contributed by atoms with Gasteiger partial charge in [0.05, 0.1) is 14.2 Å². The molecule has 1 fully saturated rings. The summed E-state index contributed by atoms with van der Waals surface area (Å²) in [4.78, 5) is 36.0. The van der Waals surface area contributed by atoms with Gasteiger partial charge in [0, 0.05) is 25.7 Å². The van der Waals surface area contributed by atoms with Crippen molar-refractivity contribution in [1.82, 2.24) is 14.9 Å². The van der Waals surface area contributed by atoms with E-state index < -0.39 is 5.97 Å². The Kier molecular flexibility index (Phi) is 5.39. The fraction of sp³-hybridized carbons (Fsp3) is 0.333. The number of esters is 1. The van der Waals surface area contributed by atoms with E-state index >= 15 is 0 Å². The molecule has 2 aromatic rings. The average Bonchev–Trinajstić information content (AvgIpc) is 2.68. The quantitative estimate of drug-likeness (QED) is 0.765. The van der Waals surface area contributed by atoms with Crippen LogP contribution in [0.15, 0.2) is 30.3 Å². The normalized spacial score (nSPS) is 14.2. The van der Waals surface area contributed by atoms with E-state index in [2.05, 4.69) is 14.7 Å². The highest BCUT2D eigenvalue weighted by atomic mass is 16.5. The molecule has 1 aromatic carbocycles. The fourth-order valence-corrected chi connectivity index (χ4v) is 2.84. The number of anilines is 2. The molecule has 0 bridgehead atoms. The lowest BCUT2D eigenvalue weighted by Crippen LogP contribution is -2.50. The first-order valence-corrected chi connectivity index (χ1v) is 8.38. The Bertz CT molecular complexity index is 857. The topological polar surface area (TPSA) is 111 Å². The Hall–Kier alpha value is -3.36. The van der Waals surface area contributed by atoms with E-state index in [0.717, 1.165) is 11.3 Å². The van der Waals surface area contributed by atoms with Crippen molar-refractivity contribution in [1.29, 1.82) is 0 Å². The number of nitrogens with zero attached hydrogens (tertiary/aromatic N) is 4. The van der Waals surface area contributed by atoms with Crippen molar-refractivity contribution >= 4 is 23.6 Å². The minimum Gasteiger partial charge on any atom is -0.497 e. The Morgan fingerprint density at radius 2 is 2.04 bits per heavy atom. The van der Waals surface area contributed by atoms with E-state index in [-0.39, 0.29) is 29.9 Å². The largest absolute Gasteiger partial charge is 0.497 e. The molecule has 2 heterocycles. The molecule has 9 nitrogen and oxygen atoms in total. The third-order valence-electron chi connectivity index (χ3n) is 4.24. The predicted molar refractivity (Wildman–Crippen MR) is 98.4 cm³/mol. The van der Waals surface area contributed by atoms with E-state index in [4.69, 9.17) is 10.5 Å². The second-order valence-electron chi connectivity index (χ2n) is 6.06. The van der Waals surface area contributed by atoms with Crippen LogP contribution in [0.4, 0.5) is 11.8 Å². The molecule has 0 unspecified atom stereocenters. The van der Waals surface area contributed by atoms with Crippen LogP contribution in [-0.2, 0) is 16.1 Å². The van der Waals surface area contributed by atoms with Crippen LogP contribution in [0.1, 0.15) is 16.1 Å². The number of piperazine rings is 1. The number of hydrogen-bond acceptors (Lipinski definition) is 8. The molecule has 0 atom stereocenters. The van der Waals surface area contributed by atoms with Gasteiger partial charge < -0.3 is 25.0 Å². The van der Waals surface area contributed by atoms with E-state index in [9.17, 15) is 9.59 Å². The van der Waals surface area contributed by atoms with Crippen molar-refractivity contribution in [2.75, 3.05) is 44.5 Å². The first-order chi connectivity index (χ1) is 13.0. The Balaban J connectivity index is 1.70. The SMILES string of the molecule is COC(=O)c1cc(N)nc(N2CCN(Cc3cccc(OC)c3)C(=O)C2)n1. The number of aromatic nitrogens is 2. The number of ether oxygens (including phenoxy) is 2. The minimum absolute atomic E-state index is 0.0605. The van der Waals surface area contributed by atoms with Gasteiger partial charge in [-0.15, -0.1) is 0 Å². The lowest BCUT2D eigenvalue weighted by molar-refractivity contribution is -0.131. The van der Waals surface area contributed by atoms with Crippen LogP contribution in [0.25, 0.3) is 0 Å². The van der Waals surface area contributed by atoms with Crippen LogP contribution in [0.2, 0.25) is 0 Å². The molecular weight excluding hydrogens is 350 g/mol. The number of carbonyl (C=O) groups excluding carboxylic acids is 2. The highest BCUT2D eigenvalue weighted by Crippen LogP contribution is 2.18. The van der Waals surface area contributed by atoms with Crippen LogP contribution in [0.3, 0.4) is 0 Å². The van der Waals surface area contributed by atoms with Crippen LogP contribution < -0.4 is 15.4 Å². The van der Waals surface area contributed by atoms with Gasteiger partial charge in [-0.25, -0.2) is 9.78 Å². The zero-order valence-electron chi connectivity index (χ0n) is 15.2. The lowest BCUT2D eigenvalue weighted by atomic mass is 10.2. The maximum Gasteiger partial charge on any atom is 0.356 e. The average molecular weight is 371 g/mol. The van der Waals surface area contributed by atoms with Gasteiger partial charge in [0.15, 0.2) is 5.69 Å². The number of hydrogen-bond donors (Lipinski definition) is 1. The van der Waals surface area contributed by atoms with Crippen LogP contribution >= 0.6 is 0 Å². The van der Waals surface area contributed by atoms with Crippen molar-refractivity contribution in [2.45, 2.75) is 6.54 Å². The van der Waals surface area contributed by atoms with Crippen molar-refractivity contribution in [3.05, 3.63) is 41.6 Å². The number of nitrogens with two attached hydrogens (primary N) is 1. The molecule has 3 rings (SSSR count). The smallest absolute Gasteiger partial charge is 0.356 e. The second kappa shape index (κ2) is 7.90. The number of nitrogen functional groups attached to an aromatic ring is 1. The second-order valence-corrected chi connectivity index (χ2v) is 6.06.